The highest BCUT2D eigenvalue weighted by molar-refractivity contribution is 5.11. The molecule has 1 aliphatic heterocycles. The van der Waals surface area contributed by atoms with E-state index in [1.54, 1.807) is 0 Å². The normalized spacial score (nSPS) is 37.5. The van der Waals surface area contributed by atoms with Crippen molar-refractivity contribution in [2.24, 2.45) is 5.73 Å². The molecule has 2 fully saturated rings. The van der Waals surface area contributed by atoms with Crippen molar-refractivity contribution in [1.29, 1.82) is 5.26 Å². The van der Waals surface area contributed by atoms with E-state index in [-0.39, 0.29) is 5.60 Å². The SMILES string of the molecule is N#CC1(N)CCOC2(CCCC2)C1. The topological polar surface area (TPSA) is 59.0 Å². The van der Waals surface area contributed by atoms with Crippen LogP contribution in [0.3, 0.4) is 0 Å². The Morgan fingerprint density at radius 2 is 1.92 bits per heavy atom. The molecule has 1 atom stereocenters. The average molecular weight is 180 g/mol. The van der Waals surface area contributed by atoms with E-state index < -0.39 is 5.54 Å². The van der Waals surface area contributed by atoms with Crippen LogP contribution < -0.4 is 5.73 Å². The molecule has 3 heteroatoms. The van der Waals surface area contributed by atoms with Crippen LogP contribution in [0, 0.1) is 11.3 Å². The van der Waals surface area contributed by atoms with Gasteiger partial charge in [0.2, 0.25) is 0 Å². The molecule has 1 aliphatic carbocycles. The van der Waals surface area contributed by atoms with Crippen molar-refractivity contribution in [3.05, 3.63) is 0 Å². The Balaban J connectivity index is 2.12. The van der Waals surface area contributed by atoms with Gasteiger partial charge in [-0.05, 0) is 12.8 Å². The molecular weight excluding hydrogens is 164 g/mol. The maximum atomic E-state index is 8.96. The molecule has 0 aromatic rings. The van der Waals surface area contributed by atoms with E-state index in [4.69, 9.17) is 15.7 Å². The molecule has 13 heavy (non-hydrogen) atoms. The summed E-state index contributed by atoms with van der Waals surface area (Å²) in [5.74, 6) is 0. The minimum absolute atomic E-state index is 0.0390. The van der Waals surface area contributed by atoms with Crippen LogP contribution in [0.2, 0.25) is 0 Å². The molecule has 2 rings (SSSR count). The summed E-state index contributed by atoms with van der Waals surface area (Å²) in [4.78, 5) is 0. The number of hydrogen-bond donors (Lipinski definition) is 1. The summed E-state index contributed by atoms with van der Waals surface area (Å²) in [6, 6.07) is 2.23. The molecule has 0 radical (unpaired) electrons. The molecular formula is C10H16N2O. The lowest BCUT2D eigenvalue weighted by molar-refractivity contribution is -0.0897. The molecule has 0 aromatic heterocycles. The van der Waals surface area contributed by atoms with Gasteiger partial charge < -0.3 is 10.5 Å². The van der Waals surface area contributed by atoms with Crippen LogP contribution in [0.25, 0.3) is 0 Å². The number of hydrogen-bond acceptors (Lipinski definition) is 3. The summed E-state index contributed by atoms with van der Waals surface area (Å²) in [6.07, 6.45) is 6.05. The molecule has 1 saturated carbocycles. The number of nitrogens with two attached hydrogens (primary N) is 1. The van der Waals surface area contributed by atoms with E-state index in [0.29, 0.717) is 13.0 Å². The maximum Gasteiger partial charge on any atom is 0.109 e. The van der Waals surface area contributed by atoms with Gasteiger partial charge in [-0.15, -0.1) is 0 Å². The predicted molar refractivity (Wildman–Crippen MR) is 48.9 cm³/mol. The van der Waals surface area contributed by atoms with Crippen LogP contribution in [0.4, 0.5) is 0 Å². The van der Waals surface area contributed by atoms with Crippen molar-refractivity contribution in [3.8, 4) is 6.07 Å². The molecule has 0 amide bonds. The Bertz CT molecular complexity index is 240. The first-order valence-electron chi connectivity index (χ1n) is 5.02. The van der Waals surface area contributed by atoms with Crippen molar-refractivity contribution in [2.45, 2.75) is 49.7 Å². The van der Waals surface area contributed by atoms with E-state index in [1.807, 2.05) is 0 Å². The molecule has 0 bridgehead atoms. The summed E-state index contributed by atoms with van der Waals surface area (Å²) in [5.41, 5.74) is 5.31. The second kappa shape index (κ2) is 2.97. The second-order valence-electron chi connectivity index (χ2n) is 4.43. The highest BCUT2D eigenvalue weighted by Gasteiger charge is 2.45. The first kappa shape index (κ1) is 8.98. The van der Waals surface area contributed by atoms with Gasteiger partial charge in [0.1, 0.15) is 5.54 Å². The van der Waals surface area contributed by atoms with Crippen molar-refractivity contribution < 1.29 is 4.74 Å². The third kappa shape index (κ3) is 1.56. The van der Waals surface area contributed by atoms with Gasteiger partial charge in [0, 0.05) is 12.8 Å². The number of rotatable bonds is 0. The van der Waals surface area contributed by atoms with Crippen molar-refractivity contribution in [2.75, 3.05) is 6.61 Å². The summed E-state index contributed by atoms with van der Waals surface area (Å²) in [6.45, 7) is 0.657. The third-order valence-corrected chi connectivity index (χ3v) is 3.33. The lowest BCUT2D eigenvalue weighted by Gasteiger charge is -2.40. The lowest BCUT2D eigenvalue weighted by atomic mass is 9.80. The van der Waals surface area contributed by atoms with Gasteiger partial charge >= 0.3 is 0 Å². The minimum Gasteiger partial charge on any atom is -0.375 e. The standard InChI is InChI=1S/C10H16N2O/c11-8-9(12)5-6-13-10(7-9)3-1-2-4-10/h1-7,12H2. The molecule has 72 valence electrons. The molecule has 3 nitrogen and oxygen atoms in total. The highest BCUT2D eigenvalue weighted by Crippen LogP contribution is 2.42. The van der Waals surface area contributed by atoms with E-state index in [1.165, 1.54) is 12.8 Å². The van der Waals surface area contributed by atoms with Gasteiger partial charge in [0.05, 0.1) is 18.3 Å². The Kier molecular flexibility index (Phi) is 2.05. The van der Waals surface area contributed by atoms with Crippen LogP contribution >= 0.6 is 0 Å². The van der Waals surface area contributed by atoms with Gasteiger partial charge in [-0.3, -0.25) is 0 Å². The molecule has 1 heterocycles. The minimum atomic E-state index is -0.622. The second-order valence-corrected chi connectivity index (χ2v) is 4.43. The number of ether oxygens (including phenoxy) is 1. The van der Waals surface area contributed by atoms with Gasteiger partial charge in [-0.2, -0.15) is 5.26 Å². The number of nitrogens with zero attached hydrogens (tertiary/aromatic N) is 1. The Morgan fingerprint density at radius 1 is 1.23 bits per heavy atom. The molecule has 1 spiro atoms. The third-order valence-electron chi connectivity index (χ3n) is 3.33. The Labute approximate surface area is 78.9 Å². The zero-order valence-electron chi connectivity index (χ0n) is 7.88. The van der Waals surface area contributed by atoms with Crippen LogP contribution in [0.5, 0.6) is 0 Å². The summed E-state index contributed by atoms with van der Waals surface area (Å²) >= 11 is 0. The van der Waals surface area contributed by atoms with Crippen LogP contribution in [0.1, 0.15) is 38.5 Å². The van der Waals surface area contributed by atoms with Gasteiger partial charge in [-0.1, -0.05) is 12.8 Å². The van der Waals surface area contributed by atoms with Crippen molar-refractivity contribution in [3.63, 3.8) is 0 Å². The van der Waals surface area contributed by atoms with E-state index in [9.17, 15) is 0 Å². The lowest BCUT2D eigenvalue weighted by Crippen LogP contribution is -2.52. The smallest absolute Gasteiger partial charge is 0.109 e. The van der Waals surface area contributed by atoms with E-state index in [2.05, 4.69) is 6.07 Å². The maximum absolute atomic E-state index is 8.96. The first-order valence-corrected chi connectivity index (χ1v) is 5.02. The summed E-state index contributed by atoms with van der Waals surface area (Å²) in [7, 11) is 0. The van der Waals surface area contributed by atoms with Gasteiger partial charge in [0.15, 0.2) is 0 Å². The summed E-state index contributed by atoms with van der Waals surface area (Å²) < 4.78 is 5.79. The first-order chi connectivity index (χ1) is 6.18. The van der Waals surface area contributed by atoms with Crippen LogP contribution in [-0.2, 0) is 4.74 Å². The zero-order valence-corrected chi connectivity index (χ0v) is 7.88. The van der Waals surface area contributed by atoms with Crippen molar-refractivity contribution in [1.82, 2.24) is 0 Å². The average Bonchev–Trinajstić information content (AvgIpc) is 2.53. The Morgan fingerprint density at radius 3 is 2.54 bits per heavy atom. The fraction of sp³-hybridized carbons (Fsp3) is 0.900. The van der Waals surface area contributed by atoms with Gasteiger partial charge in [0.25, 0.3) is 0 Å². The Hall–Kier alpha value is -0.590. The molecule has 2 aliphatic rings. The van der Waals surface area contributed by atoms with E-state index >= 15 is 0 Å². The molecule has 1 unspecified atom stereocenters. The molecule has 2 N–H and O–H groups in total. The number of nitriles is 1. The highest BCUT2D eigenvalue weighted by atomic mass is 16.5. The van der Waals surface area contributed by atoms with Gasteiger partial charge in [-0.25, -0.2) is 0 Å². The van der Waals surface area contributed by atoms with E-state index in [0.717, 1.165) is 19.3 Å². The van der Waals surface area contributed by atoms with Crippen LogP contribution in [-0.4, -0.2) is 17.7 Å². The quantitative estimate of drug-likeness (QED) is 0.611. The predicted octanol–water partition coefficient (Wildman–Crippen LogP) is 1.33. The molecule has 0 aromatic carbocycles. The fourth-order valence-corrected chi connectivity index (χ4v) is 2.60. The molecule has 1 saturated heterocycles. The monoisotopic (exact) mass is 180 g/mol. The van der Waals surface area contributed by atoms with Crippen molar-refractivity contribution >= 4 is 0 Å². The zero-order chi connectivity index (χ0) is 9.36. The van der Waals surface area contributed by atoms with Crippen LogP contribution in [0.15, 0.2) is 0 Å². The summed E-state index contributed by atoms with van der Waals surface area (Å²) in [5, 5.41) is 8.96. The fourth-order valence-electron chi connectivity index (χ4n) is 2.60. The largest absolute Gasteiger partial charge is 0.375 e.